The van der Waals surface area contributed by atoms with Crippen molar-refractivity contribution >= 4 is 11.9 Å². The summed E-state index contributed by atoms with van der Waals surface area (Å²) in [5.41, 5.74) is 0. The van der Waals surface area contributed by atoms with Crippen LogP contribution in [-0.2, 0) is 14.3 Å². The molecule has 0 aromatic rings. The maximum absolute atomic E-state index is 12.0. The first kappa shape index (κ1) is 26.9. The largest absolute Gasteiger partial charge is 0.481 e. The van der Waals surface area contributed by atoms with Crippen molar-refractivity contribution in [2.24, 2.45) is 0 Å². The maximum Gasteiger partial charge on any atom is 0.307 e. The van der Waals surface area contributed by atoms with Gasteiger partial charge in [0.25, 0.3) is 0 Å². The molecule has 0 aromatic carbocycles. The fourth-order valence-electron chi connectivity index (χ4n) is 3.55. The maximum atomic E-state index is 12.0. The summed E-state index contributed by atoms with van der Waals surface area (Å²) in [5.74, 6) is -1.11. The van der Waals surface area contributed by atoms with E-state index in [-0.39, 0.29) is 12.4 Å². The molecule has 0 rings (SSSR count). The highest BCUT2D eigenvalue weighted by molar-refractivity contribution is 5.71. The van der Waals surface area contributed by atoms with E-state index >= 15 is 0 Å². The van der Waals surface area contributed by atoms with Crippen LogP contribution in [0.2, 0.25) is 0 Å². The molecule has 1 atom stereocenters. The zero-order valence-electron chi connectivity index (χ0n) is 18.7. The minimum atomic E-state index is -0.885. The van der Waals surface area contributed by atoms with Gasteiger partial charge in [-0.25, -0.2) is 0 Å². The number of hydrogen-bond acceptors (Lipinski definition) is 3. The molecule has 0 aliphatic carbocycles. The molecule has 0 aromatic heterocycles. The average Bonchev–Trinajstić information content (AvgIpc) is 2.65. The standard InChI is InChI=1S/C24H46O4/c1-3-5-7-9-11-12-14-15-17-19-22(21-23(25)26)28-24(27)20-18-16-13-10-8-6-4-2/h22H,3-21H2,1-2H3,(H,25,26)/t22-/m0/s1. The first-order valence-electron chi connectivity index (χ1n) is 12.0. The van der Waals surface area contributed by atoms with Gasteiger partial charge in [-0.2, -0.15) is 0 Å². The molecule has 1 N–H and O–H groups in total. The molecule has 0 fully saturated rings. The van der Waals surface area contributed by atoms with Crippen LogP contribution in [-0.4, -0.2) is 23.1 Å². The van der Waals surface area contributed by atoms with Gasteiger partial charge in [-0.3, -0.25) is 9.59 Å². The minimum Gasteiger partial charge on any atom is -0.481 e. The van der Waals surface area contributed by atoms with E-state index in [1.54, 1.807) is 0 Å². The number of carbonyl (C=O) groups is 2. The Morgan fingerprint density at radius 3 is 1.57 bits per heavy atom. The summed E-state index contributed by atoms with van der Waals surface area (Å²) >= 11 is 0. The predicted molar refractivity (Wildman–Crippen MR) is 117 cm³/mol. The van der Waals surface area contributed by atoms with Crippen molar-refractivity contribution in [3.63, 3.8) is 0 Å². The van der Waals surface area contributed by atoms with Crippen LogP contribution in [0.4, 0.5) is 0 Å². The van der Waals surface area contributed by atoms with Crippen molar-refractivity contribution in [1.29, 1.82) is 0 Å². The molecule has 0 saturated carbocycles. The number of rotatable bonds is 21. The molecule has 0 amide bonds. The lowest BCUT2D eigenvalue weighted by Gasteiger charge is -2.16. The third kappa shape index (κ3) is 19.7. The summed E-state index contributed by atoms with van der Waals surface area (Å²) in [6.07, 6.45) is 19.8. The van der Waals surface area contributed by atoms with Gasteiger partial charge in [-0.05, 0) is 19.3 Å². The molecule has 0 spiro atoms. The van der Waals surface area contributed by atoms with Crippen molar-refractivity contribution in [3.8, 4) is 0 Å². The van der Waals surface area contributed by atoms with Crippen LogP contribution in [0, 0.1) is 0 Å². The Labute approximate surface area is 173 Å². The lowest BCUT2D eigenvalue weighted by Crippen LogP contribution is -2.21. The highest BCUT2D eigenvalue weighted by Gasteiger charge is 2.17. The van der Waals surface area contributed by atoms with Crippen molar-refractivity contribution in [2.45, 2.75) is 142 Å². The van der Waals surface area contributed by atoms with Crippen molar-refractivity contribution in [1.82, 2.24) is 0 Å². The van der Waals surface area contributed by atoms with Crippen LogP contribution in [0.5, 0.6) is 0 Å². The Bertz CT molecular complexity index is 368. The van der Waals surface area contributed by atoms with E-state index in [0.29, 0.717) is 12.8 Å². The van der Waals surface area contributed by atoms with Gasteiger partial charge in [0.1, 0.15) is 6.10 Å². The monoisotopic (exact) mass is 398 g/mol. The van der Waals surface area contributed by atoms with Gasteiger partial charge in [-0.1, -0.05) is 104 Å². The van der Waals surface area contributed by atoms with E-state index in [4.69, 9.17) is 9.84 Å². The number of carboxylic acids is 1. The topological polar surface area (TPSA) is 63.6 Å². The molecule has 166 valence electrons. The second kappa shape index (κ2) is 20.7. The quantitative estimate of drug-likeness (QED) is 0.161. The summed E-state index contributed by atoms with van der Waals surface area (Å²) in [7, 11) is 0. The first-order chi connectivity index (χ1) is 13.6. The molecule has 4 nitrogen and oxygen atoms in total. The number of hydrogen-bond donors (Lipinski definition) is 1. The zero-order valence-corrected chi connectivity index (χ0v) is 18.7. The molecule has 0 unspecified atom stereocenters. The smallest absolute Gasteiger partial charge is 0.307 e. The summed E-state index contributed by atoms with van der Waals surface area (Å²) < 4.78 is 5.46. The Morgan fingerprint density at radius 1 is 0.679 bits per heavy atom. The highest BCUT2D eigenvalue weighted by atomic mass is 16.5. The lowest BCUT2D eigenvalue weighted by atomic mass is 10.0. The fourth-order valence-corrected chi connectivity index (χ4v) is 3.55. The predicted octanol–water partition coefficient (Wildman–Crippen LogP) is 7.43. The molecule has 0 heterocycles. The summed E-state index contributed by atoms with van der Waals surface area (Å²) in [5, 5.41) is 9.07. The first-order valence-corrected chi connectivity index (χ1v) is 12.0. The van der Waals surface area contributed by atoms with Gasteiger partial charge in [0, 0.05) is 6.42 Å². The molecule has 0 aliphatic rings. The van der Waals surface area contributed by atoms with Gasteiger partial charge in [0.05, 0.1) is 6.42 Å². The van der Waals surface area contributed by atoms with Gasteiger partial charge < -0.3 is 9.84 Å². The van der Waals surface area contributed by atoms with Crippen molar-refractivity contribution in [2.75, 3.05) is 0 Å². The number of unbranched alkanes of at least 4 members (excludes halogenated alkanes) is 14. The summed E-state index contributed by atoms with van der Waals surface area (Å²) in [4.78, 5) is 23.1. The Kier molecular flexibility index (Phi) is 19.9. The molecule has 28 heavy (non-hydrogen) atoms. The van der Waals surface area contributed by atoms with Gasteiger partial charge in [-0.15, -0.1) is 0 Å². The Hall–Kier alpha value is -1.06. The number of carboxylic acid groups (broad SMARTS) is 1. The van der Waals surface area contributed by atoms with Crippen molar-refractivity contribution in [3.05, 3.63) is 0 Å². The minimum absolute atomic E-state index is 0.0697. The number of aliphatic carboxylic acids is 1. The van der Waals surface area contributed by atoms with E-state index in [1.807, 2.05) is 0 Å². The fraction of sp³-hybridized carbons (Fsp3) is 0.917. The third-order valence-electron chi connectivity index (χ3n) is 5.31. The van der Waals surface area contributed by atoms with Crippen LogP contribution in [0.3, 0.4) is 0 Å². The molecule has 0 saturated heterocycles. The van der Waals surface area contributed by atoms with E-state index < -0.39 is 12.1 Å². The van der Waals surface area contributed by atoms with Crippen LogP contribution in [0.15, 0.2) is 0 Å². The molecule has 0 radical (unpaired) electrons. The van der Waals surface area contributed by atoms with E-state index in [9.17, 15) is 9.59 Å². The second-order valence-corrected chi connectivity index (χ2v) is 8.20. The molecule has 4 heteroatoms. The Balaban J connectivity index is 3.79. The number of ether oxygens (including phenoxy) is 1. The van der Waals surface area contributed by atoms with Crippen LogP contribution in [0.25, 0.3) is 0 Å². The SMILES string of the molecule is CCCCCCCCCCC[C@@H](CC(=O)O)OC(=O)CCCCCCCCC. The average molecular weight is 399 g/mol. The van der Waals surface area contributed by atoms with Gasteiger partial charge in [0.15, 0.2) is 0 Å². The molecule has 0 bridgehead atoms. The highest BCUT2D eigenvalue weighted by Crippen LogP contribution is 2.16. The van der Waals surface area contributed by atoms with Gasteiger partial charge in [0.2, 0.25) is 0 Å². The van der Waals surface area contributed by atoms with Crippen molar-refractivity contribution < 1.29 is 19.4 Å². The molecular weight excluding hydrogens is 352 g/mol. The summed E-state index contributed by atoms with van der Waals surface area (Å²) in [6, 6.07) is 0. The van der Waals surface area contributed by atoms with Gasteiger partial charge >= 0.3 is 11.9 Å². The van der Waals surface area contributed by atoms with Crippen LogP contribution < -0.4 is 0 Å². The van der Waals surface area contributed by atoms with E-state index in [2.05, 4.69) is 13.8 Å². The van der Waals surface area contributed by atoms with Crippen LogP contribution in [0.1, 0.15) is 136 Å². The molecule has 0 aliphatic heterocycles. The Morgan fingerprint density at radius 2 is 1.11 bits per heavy atom. The summed E-state index contributed by atoms with van der Waals surface area (Å²) in [6.45, 7) is 4.44. The number of esters is 1. The second-order valence-electron chi connectivity index (χ2n) is 8.20. The normalized spacial score (nSPS) is 12.1. The van der Waals surface area contributed by atoms with E-state index in [1.165, 1.54) is 77.0 Å². The lowest BCUT2D eigenvalue weighted by molar-refractivity contribution is -0.153. The number of carbonyl (C=O) groups excluding carboxylic acids is 1. The van der Waals surface area contributed by atoms with E-state index in [0.717, 1.165) is 25.7 Å². The zero-order chi connectivity index (χ0) is 20.9. The van der Waals surface area contributed by atoms with Crippen LogP contribution >= 0.6 is 0 Å². The molecular formula is C24H46O4. The third-order valence-corrected chi connectivity index (χ3v) is 5.31.